The van der Waals surface area contributed by atoms with Crippen LogP contribution in [0, 0.1) is 0 Å². The van der Waals surface area contributed by atoms with Crippen LogP contribution in [0.15, 0.2) is 30.3 Å². The van der Waals surface area contributed by atoms with Crippen LogP contribution in [0.25, 0.3) is 0 Å². The lowest BCUT2D eigenvalue weighted by Gasteiger charge is -2.22. The summed E-state index contributed by atoms with van der Waals surface area (Å²) in [6, 6.07) is 7.36. The van der Waals surface area contributed by atoms with Crippen LogP contribution < -0.4 is 10.6 Å². The Labute approximate surface area is 160 Å². The molecular formula is C18H20N4O6. The molecule has 0 saturated carbocycles. The molecule has 2 N–H and O–H groups in total. The Hall–Kier alpha value is -3.43. The molecule has 6 amide bonds. The highest BCUT2D eigenvalue weighted by molar-refractivity contribution is 6.09. The van der Waals surface area contributed by atoms with Gasteiger partial charge in [0.05, 0.1) is 0 Å². The second-order valence-electron chi connectivity index (χ2n) is 6.67. The van der Waals surface area contributed by atoms with E-state index in [2.05, 4.69) is 10.6 Å². The highest BCUT2D eigenvalue weighted by atomic mass is 16.5. The Kier molecular flexibility index (Phi) is 5.04. The number of hydrogen-bond acceptors (Lipinski definition) is 6. The molecule has 0 radical (unpaired) electrons. The minimum Gasteiger partial charge on any atom is -0.451 e. The maximum atomic E-state index is 12.8. The summed E-state index contributed by atoms with van der Waals surface area (Å²) in [5, 5.41) is 5.05. The highest BCUT2D eigenvalue weighted by Gasteiger charge is 2.49. The fourth-order valence-electron chi connectivity index (χ4n) is 3.12. The van der Waals surface area contributed by atoms with Gasteiger partial charge >= 0.3 is 18.0 Å². The van der Waals surface area contributed by atoms with E-state index in [0.717, 1.165) is 9.80 Å². The number of hydrogen-bond donors (Lipinski definition) is 2. The summed E-state index contributed by atoms with van der Waals surface area (Å²) < 4.78 is 5.02. The van der Waals surface area contributed by atoms with E-state index in [4.69, 9.17) is 4.74 Å². The van der Waals surface area contributed by atoms with Gasteiger partial charge in [-0.25, -0.2) is 9.59 Å². The van der Waals surface area contributed by atoms with Gasteiger partial charge in [-0.15, -0.1) is 0 Å². The van der Waals surface area contributed by atoms with E-state index in [9.17, 15) is 24.0 Å². The topological polar surface area (TPSA) is 125 Å². The van der Waals surface area contributed by atoms with Gasteiger partial charge in [0, 0.05) is 13.1 Å². The van der Waals surface area contributed by atoms with Gasteiger partial charge in [-0.2, -0.15) is 0 Å². The molecule has 2 saturated heterocycles. The van der Waals surface area contributed by atoms with E-state index < -0.39 is 48.0 Å². The number of amides is 6. The molecule has 1 aromatic carbocycles. The van der Waals surface area contributed by atoms with Crippen molar-refractivity contribution in [1.29, 1.82) is 0 Å². The number of carbonyl (C=O) groups is 5. The van der Waals surface area contributed by atoms with Crippen molar-refractivity contribution in [3.8, 4) is 0 Å². The number of esters is 1. The third kappa shape index (κ3) is 3.40. The van der Waals surface area contributed by atoms with Crippen molar-refractivity contribution in [1.82, 2.24) is 20.4 Å². The van der Waals surface area contributed by atoms with Crippen LogP contribution in [-0.4, -0.2) is 65.4 Å². The zero-order valence-corrected chi connectivity index (χ0v) is 15.4. The third-order valence-corrected chi connectivity index (χ3v) is 4.69. The van der Waals surface area contributed by atoms with Crippen LogP contribution in [0.4, 0.5) is 9.59 Å². The predicted molar refractivity (Wildman–Crippen MR) is 94.7 cm³/mol. The van der Waals surface area contributed by atoms with Gasteiger partial charge in [0.2, 0.25) is 0 Å². The fourth-order valence-corrected chi connectivity index (χ4v) is 3.12. The number of imide groups is 2. The number of nitrogens with one attached hydrogen (secondary N) is 2. The van der Waals surface area contributed by atoms with Crippen LogP contribution in [0.2, 0.25) is 0 Å². The van der Waals surface area contributed by atoms with Crippen molar-refractivity contribution in [3.63, 3.8) is 0 Å². The average molecular weight is 388 g/mol. The second-order valence-corrected chi connectivity index (χ2v) is 6.67. The van der Waals surface area contributed by atoms with Gasteiger partial charge in [0.25, 0.3) is 11.8 Å². The minimum atomic E-state index is -1.30. The van der Waals surface area contributed by atoms with E-state index in [-0.39, 0.29) is 6.54 Å². The quantitative estimate of drug-likeness (QED) is 0.538. The van der Waals surface area contributed by atoms with Gasteiger partial charge < -0.3 is 15.4 Å². The van der Waals surface area contributed by atoms with Crippen LogP contribution in [-0.2, 0) is 24.7 Å². The van der Waals surface area contributed by atoms with Crippen LogP contribution >= 0.6 is 0 Å². The lowest BCUT2D eigenvalue weighted by molar-refractivity contribution is -0.159. The lowest BCUT2D eigenvalue weighted by atomic mass is 9.92. The fraction of sp³-hybridized carbons (Fsp3) is 0.389. The summed E-state index contributed by atoms with van der Waals surface area (Å²) in [4.78, 5) is 62.6. The summed E-state index contributed by atoms with van der Waals surface area (Å²) in [5.41, 5.74) is -0.721. The standard InChI is InChI=1S/C18H20N4O6/c1-11(14(24)21-9-8-19-16(21)26)28-13(23)10-22-15(25)18(2,20-17(22)27)12-6-4-3-5-7-12/h3-7,11H,8-10H2,1-2H3,(H,19,26)(H,20,27)/t11-,18-/m1/s1. The molecule has 148 valence electrons. The summed E-state index contributed by atoms with van der Waals surface area (Å²) in [6.07, 6.45) is -1.22. The molecule has 1 aromatic rings. The maximum Gasteiger partial charge on any atom is 0.327 e. The molecule has 0 unspecified atom stereocenters. The first-order valence-electron chi connectivity index (χ1n) is 8.72. The largest absolute Gasteiger partial charge is 0.451 e. The van der Waals surface area contributed by atoms with Gasteiger partial charge in [0.1, 0.15) is 12.1 Å². The Bertz CT molecular complexity index is 842. The number of rotatable bonds is 5. The molecule has 3 rings (SSSR count). The van der Waals surface area contributed by atoms with Gasteiger partial charge in [-0.05, 0) is 19.4 Å². The number of carbonyl (C=O) groups excluding carboxylic acids is 5. The van der Waals surface area contributed by atoms with Crippen LogP contribution in [0.5, 0.6) is 0 Å². The first kappa shape index (κ1) is 19.3. The molecule has 2 aliphatic heterocycles. The third-order valence-electron chi connectivity index (χ3n) is 4.69. The zero-order valence-electron chi connectivity index (χ0n) is 15.4. The molecule has 2 heterocycles. The zero-order chi connectivity index (χ0) is 20.5. The molecule has 2 fully saturated rings. The van der Waals surface area contributed by atoms with Crippen molar-refractivity contribution < 1.29 is 28.7 Å². The molecule has 2 aliphatic rings. The molecule has 0 aliphatic carbocycles. The van der Waals surface area contributed by atoms with Crippen LogP contribution in [0.3, 0.4) is 0 Å². The number of nitrogens with zero attached hydrogens (tertiary/aromatic N) is 2. The second kappa shape index (κ2) is 7.29. The summed E-state index contributed by atoms with van der Waals surface area (Å²) in [5.74, 6) is -2.20. The molecule has 2 atom stereocenters. The van der Waals surface area contributed by atoms with E-state index in [0.29, 0.717) is 12.1 Å². The van der Waals surface area contributed by atoms with E-state index in [1.54, 1.807) is 37.3 Å². The Morgan fingerprint density at radius 2 is 1.86 bits per heavy atom. The van der Waals surface area contributed by atoms with Crippen molar-refractivity contribution in [3.05, 3.63) is 35.9 Å². The summed E-state index contributed by atoms with van der Waals surface area (Å²) in [7, 11) is 0. The number of benzene rings is 1. The normalized spacial score (nSPS) is 22.7. The molecule has 28 heavy (non-hydrogen) atoms. The Balaban J connectivity index is 1.64. The predicted octanol–water partition coefficient (Wildman–Crippen LogP) is -0.0629. The van der Waals surface area contributed by atoms with Crippen molar-refractivity contribution in [2.45, 2.75) is 25.5 Å². The molecular weight excluding hydrogens is 368 g/mol. The van der Waals surface area contributed by atoms with Crippen molar-refractivity contribution in [2.75, 3.05) is 19.6 Å². The monoisotopic (exact) mass is 388 g/mol. The van der Waals surface area contributed by atoms with Gasteiger partial charge in [-0.3, -0.25) is 24.2 Å². The molecule has 0 spiro atoms. The minimum absolute atomic E-state index is 0.183. The van der Waals surface area contributed by atoms with Crippen molar-refractivity contribution >= 4 is 29.8 Å². The molecule has 10 nitrogen and oxygen atoms in total. The maximum absolute atomic E-state index is 12.8. The molecule has 0 aromatic heterocycles. The average Bonchev–Trinajstić information content (AvgIpc) is 3.19. The highest BCUT2D eigenvalue weighted by Crippen LogP contribution is 2.28. The SMILES string of the molecule is C[C@@H](OC(=O)CN1C(=O)N[C@](C)(c2ccccc2)C1=O)C(=O)N1CCNC1=O. The summed E-state index contributed by atoms with van der Waals surface area (Å²) in [6.45, 7) is 2.74. The number of ether oxygens (including phenoxy) is 1. The first-order valence-corrected chi connectivity index (χ1v) is 8.72. The smallest absolute Gasteiger partial charge is 0.327 e. The van der Waals surface area contributed by atoms with Gasteiger partial charge in [-0.1, -0.05) is 30.3 Å². The van der Waals surface area contributed by atoms with Gasteiger partial charge in [0.15, 0.2) is 6.10 Å². The Morgan fingerprint density at radius 3 is 2.46 bits per heavy atom. The Morgan fingerprint density at radius 1 is 1.18 bits per heavy atom. The molecule has 10 heteroatoms. The van der Waals surface area contributed by atoms with E-state index in [1.807, 2.05) is 0 Å². The number of urea groups is 2. The molecule has 0 bridgehead atoms. The summed E-state index contributed by atoms with van der Waals surface area (Å²) >= 11 is 0. The van der Waals surface area contributed by atoms with Crippen molar-refractivity contribution in [2.24, 2.45) is 0 Å². The van der Waals surface area contributed by atoms with Crippen LogP contribution in [0.1, 0.15) is 19.4 Å². The lowest BCUT2D eigenvalue weighted by Crippen LogP contribution is -2.44. The van der Waals surface area contributed by atoms with E-state index >= 15 is 0 Å². The first-order chi connectivity index (χ1) is 13.2. The van der Waals surface area contributed by atoms with E-state index in [1.165, 1.54) is 6.92 Å².